The Bertz CT molecular complexity index is 488. The monoisotopic (exact) mass is 291 g/mol. The van der Waals surface area contributed by atoms with E-state index in [0.29, 0.717) is 19.5 Å². The van der Waals surface area contributed by atoms with Gasteiger partial charge in [0.15, 0.2) is 0 Å². The number of hydrogen-bond donors (Lipinski definition) is 2. The van der Waals surface area contributed by atoms with Crippen molar-refractivity contribution in [2.24, 2.45) is 0 Å². The zero-order valence-electron chi connectivity index (χ0n) is 12.2. The number of aliphatic hydroxyl groups excluding tert-OH is 1. The largest absolute Gasteiger partial charge is 0.394 e. The highest BCUT2D eigenvalue weighted by molar-refractivity contribution is 5.96. The Morgan fingerprint density at radius 3 is 2.67 bits per heavy atom. The molecule has 1 aromatic rings. The molecule has 1 unspecified atom stereocenters. The third kappa shape index (κ3) is 3.72. The molecular weight excluding hydrogens is 270 g/mol. The maximum Gasteiger partial charge on any atom is 0.325 e. The van der Waals surface area contributed by atoms with E-state index in [1.165, 1.54) is 4.90 Å². The van der Waals surface area contributed by atoms with E-state index in [2.05, 4.69) is 5.32 Å². The molecule has 0 bridgehead atoms. The summed E-state index contributed by atoms with van der Waals surface area (Å²) in [4.78, 5) is 27.4. The van der Waals surface area contributed by atoms with Crippen LogP contribution in [0.2, 0.25) is 0 Å². The molecular formula is C15H21N3O3. The number of rotatable bonds is 6. The first-order valence-electron chi connectivity index (χ1n) is 7.17. The number of para-hydroxylation sites is 1. The molecule has 114 valence electrons. The summed E-state index contributed by atoms with van der Waals surface area (Å²) in [5.41, 5.74) is 0.840. The van der Waals surface area contributed by atoms with Gasteiger partial charge in [0.1, 0.15) is 6.54 Å². The van der Waals surface area contributed by atoms with Gasteiger partial charge >= 0.3 is 6.03 Å². The zero-order chi connectivity index (χ0) is 15.2. The highest BCUT2D eigenvalue weighted by atomic mass is 16.3. The molecule has 1 fully saturated rings. The Hall–Kier alpha value is -2.08. The van der Waals surface area contributed by atoms with Crippen LogP contribution < -0.4 is 10.2 Å². The lowest BCUT2D eigenvalue weighted by molar-refractivity contribution is -0.122. The van der Waals surface area contributed by atoms with Crippen molar-refractivity contribution in [3.05, 3.63) is 30.3 Å². The molecule has 0 aliphatic carbocycles. The van der Waals surface area contributed by atoms with Crippen molar-refractivity contribution in [3.63, 3.8) is 0 Å². The number of urea groups is 1. The van der Waals surface area contributed by atoms with Crippen LogP contribution in [0.5, 0.6) is 0 Å². The van der Waals surface area contributed by atoms with E-state index in [1.807, 2.05) is 37.3 Å². The highest BCUT2D eigenvalue weighted by Crippen LogP contribution is 2.19. The van der Waals surface area contributed by atoms with Crippen molar-refractivity contribution >= 4 is 17.6 Å². The first kappa shape index (κ1) is 15.3. The summed E-state index contributed by atoms with van der Waals surface area (Å²) < 4.78 is 0. The summed E-state index contributed by atoms with van der Waals surface area (Å²) >= 11 is 0. The van der Waals surface area contributed by atoms with Crippen LogP contribution in [0.15, 0.2) is 30.3 Å². The van der Waals surface area contributed by atoms with Gasteiger partial charge in [0, 0.05) is 18.8 Å². The number of anilines is 1. The van der Waals surface area contributed by atoms with Crippen LogP contribution in [0.1, 0.15) is 13.3 Å². The Kier molecular flexibility index (Phi) is 5.16. The Labute approximate surface area is 124 Å². The number of nitrogens with one attached hydrogen (secondary N) is 1. The maximum atomic E-state index is 12.3. The zero-order valence-corrected chi connectivity index (χ0v) is 12.2. The minimum Gasteiger partial charge on any atom is -0.394 e. The third-order valence-corrected chi connectivity index (χ3v) is 3.58. The van der Waals surface area contributed by atoms with E-state index in [0.717, 1.165) is 5.69 Å². The minimum atomic E-state index is -0.250. The van der Waals surface area contributed by atoms with Gasteiger partial charge in [-0.3, -0.25) is 9.69 Å². The van der Waals surface area contributed by atoms with Crippen LogP contribution in [0.25, 0.3) is 0 Å². The molecule has 1 aliphatic rings. The number of carbonyl (C=O) groups excluding carboxylic acids is 2. The van der Waals surface area contributed by atoms with E-state index in [1.54, 1.807) is 4.90 Å². The number of aliphatic hydroxyl groups is 1. The highest BCUT2D eigenvalue weighted by Gasteiger charge is 2.30. The maximum absolute atomic E-state index is 12.3. The average Bonchev–Trinajstić information content (AvgIpc) is 2.87. The van der Waals surface area contributed by atoms with Crippen LogP contribution in [-0.4, -0.2) is 54.2 Å². The van der Waals surface area contributed by atoms with Gasteiger partial charge in [0.2, 0.25) is 5.91 Å². The van der Waals surface area contributed by atoms with E-state index in [-0.39, 0.29) is 31.1 Å². The van der Waals surface area contributed by atoms with Crippen LogP contribution in [0, 0.1) is 0 Å². The van der Waals surface area contributed by atoms with Gasteiger partial charge in [0.05, 0.1) is 12.6 Å². The molecule has 3 amide bonds. The molecule has 6 heteroatoms. The summed E-state index contributed by atoms with van der Waals surface area (Å²) in [5.74, 6) is -0.237. The SMILES string of the molecule is CCC(CO)NC(=O)CN1CCN(c2ccccc2)C1=O. The fourth-order valence-electron chi connectivity index (χ4n) is 2.30. The lowest BCUT2D eigenvalue weighted by Crippen LogP contribution is -2.44. The molecule has 1 saturated heterocycles. The molecule has 6 nitrogen and oxygen atoms in total. The number of hydrogen-bond acceptors (Lipinski definition) is 3. The predicted octanol–water partition coefficient (Wildman–Crippen LogP) is 0.816. The van der Waals surface area contributed by atoms with Crippen molar-refractivity contribution in [3.8, 4) is 0 Å². The Morgan fingerprint density at radius 2 is 2.05 bits per heavy atom. The third-order valence-electron chi connectivity index (χ3n) is 3.58. The number of benzene rings is 1. The van der Waals surface area contributed by atoms with E-state index < -0.39 is 0 Å². The predicted molar refractivity (Wildman–Crippen MR) is 80.1 cm³/mol. The van der Waals surface area contributed by atoms with Crippen molar-refractivity contribution in [1.82, 2.24) is 10.2 Å². The van der Waals surface area contributed by atoms with Gasteiger partial charge in [-0.15, -0.1) is 0 Å². The van der Waals surface area contributed by atoms with Crippen LogP contribution in [0.4, 0.5) is 10.5 Å². The minimum absolute atomic E-state index is 0.0265. The number of carbonyl (C=O) groups is 2. The Balaban J connectivity index is 1.92. The van der Waals surface area contributed by atoms with E-state index in [9.17, 15) is 9.59 Å². The molecule has 1 aliphatic heterocycles. The first-order chi connectivity index (χ1) is 10.2. The molecule has 0 saturated carbocycles. The van der Waals surface area contributed by atoms with Gasteiger partial charge in [0.25, 0.3) is 0 Å². The molecule has 1 atom stereocenters. The molecule has 21 heavy (non-hydrogen) atoms. The van der Waals surface area contributed by atoms with Gasteiger partial charge in [-0.2, -0.15) is 0 Å². The smallest absolute Gasteiger partial charge is 0.325 e. The summed E-state index contributed by atoms with van der Waals surface area (Å²) in [5, 5.41) is 11.8. The van der Waals surface area contributed by atoms with Gasteiger partial charge in [-0.1, -0.05) is 25.1 Å². The van der Waals surface area contributed by atoms with Gasteiger partial charge < -0.3 is 15.3 Å². The summed E-state index contributed by atoms with van der Waals surface area (Å²) in [7, 11) is 0. The van der Waals surface area contributed by atoms with Crippen molar-refractivity contribution < 1.29 is 14.7 Å². The molecule has 1 aromatic carbocycles. The van der Waals surface area contributed by atoms with Crippen molar-refractivity contribution in [2.45, 2.75) is 19.4 Å². The average molecular weight is 291 g/mol. The molecule has 0 radical (unpaired) electrons. The number of nitrogens with zero attached hydrogens (tertiary/aromatic N) is 2. The van der Waals surface area contributed by atoms with Crippen LogP contribution in [0.3, 0.4) is 0 Å². The second kappa shape index (κ2) is 7.08. The fraction of sp³-hybridized carbons (Fsp3) is 0.467. The van der Waals surface area contributed by atoms with Crippen molar-refractivity contribution in [2.75, 3.05) is 31.1 Å². The fourth-order valence-corrected chi connectivity index (χ4v) is 2.30. The normalized spacial score (nSPS) is 16.2. The first-order valence-corrected chi connectivity index (χ1v) is 7.17. The molecule has 2 rings (SSSR count). The number of amides is 3. The van der Waals surface area contributed by atoms with Gasteiger partial charge in [-0.05, 0) is 18.6 Å². The quantitative estimate of drug-likeness (QED) is 0.815. The summed E-state index contributed by atoms with van der Waals surface area (Å²) in [6.45, 7) is 2.93. The molecule has 1 heterocycles. The second-order valence-corrected chi connectivity index (χ2v) is 5.05. The topological polar surface area (TPSA) is 72.9 Å². The summed E-state index contributed by atoms with van der Waals surface area (Å²) in [6, 6.07) is 9.00. The lowest BCUT2D eigenvalue weighted by Gasteiger charge is -2.20. The van der Waals surface area contributed by atoms with Crippen LogP contribution in [-0.2, 0) is 4.79 Å². The van der Waals surface area contributed by atoms with Crippen molar-refractivity contribution in [1.29, 1.82) is 0 Å². The lowest BCUT2D eigenvalue weighted by atomic mass is 10.2. The molecule has 2 N–H and O–H groups in total. The standard InChI is InChI=1S/C15H21N3O3/c1-2-12(11-19)16-14(20)10-17-8-9-18(15(17)21)13-6-4-3-5-7-13/h3-7,12,19H,2,8-11H2,1H3,(H,16,20). The van der Waals surface area contributed by atoms with E-state index >= 15 is 0 Å². The summed E-state index contributed by atoms with van der Waals surface area (Å²) in [6.07, 6.45) is 0.659. The molecule has 0 aromatic heterocycles. The molecule has 0 spiro atoms. The second-order valence-electron chi connectivity index (χ2n) is 5.05. The van der Waals surface area contributed by atoms with Crippen LogP contribution >= 0.6 is 0 Å². The van der Waals surface area contributed by atoms with Gasteiger partial charge in [-0.25, -0.2) is 4.79 Å². The van der Waals surface area contributed by atoms with E-state index in [4.69, 9.17) is 5.11 Å². The Morgan fingerprint density at radius 1 is 1.33 bits per heavy atom.